The average molecular weight is 381 g/mol. The number of benzene rings is 2. The Kier molecular flexibility index (Phi) is 4.36. The van der Waals surface area contributed by atoms with E-state index in [-0.39, 0.29) is 11.6 Å². The molecule has 2 aromatic carbocycles. The summed E-state index contributed by atoms with van der Waals surface area (Å²) >= 11 is 7.58. The zero-order valence-electron chi connectivity index (χ0n) is 13.8. The molecule has 5 nitrogen and oxygen atoms in total. The molecule has 0 N–H and O–H groups in total. The summed E-state index contributed by atoms with van der Waals surface area (Å²) in [5.74, 6) is -0.307. The number of hydrogen-bond acceptors (Lipinski definition) is 5. The highest BCUT2D eigenvalue weighted by Crippen LogP contribution is 2.35. The van der Waals surface area contributed by atoms with E-state index in [1.807, 2.05) is 37.3 Å². The molecule has 2 aromatic heterocycles. The number of aryl methyl sites for hydroxylation is 1. The lowest BCUT2D eigenvalue weighted by Gasteiger charge is -2.19. The minimum Gasteiger partial charge on any atom is -0.266 e. The molecule has 0 atom stereocenters. The molecule has 0 saturated carbocycles. The van der Waals surface area contributed by atoms with Gasteiger partial charge in [0.1, 0.15) is 5.69 Å². The Bertz CT molecular complexity index is 1060. The summed E-state index contributed by atoms with van der Waals surface area (Å²) in [5.41, 5.74) is 2.46. The second-order valence-electron chi connectivity index (χ2n) is 5.63. The molecule has 7 heteroatoms. The summed E-state index contributed by atoms with van der Waals surface area (Å²) in [7, 11) is 0. The van der Waals surface area contributed by atoms with Gasteiger partial charge in [-0.05, 0) is 37.3 Å². The molecule has 0 aliphatic carbocycles. The SMILES string of the molecule is Cc1cnc(C(=O)N(c2cccc(Cl)c2)c2nc3ccccc3s2)cn1. The minimum absolute atomic E-state index is 0.245. The van der Waals surface area contributed by atoms with Gasteiger partial charge in [0, 0.05) is 11.2 Å². The van der Waals surface area contributed by atoms with Crippen molar-refractivity contribution in [3.8, 4) is 0 Å². The van der Waals surface area contributed by atoms with E-state index >= 15 is 0 Å². The van der Waals surface area contributed by atoms with Crippen LogP contribution in [0.4, 0.5) is 10.8 Å². The van der Waals surface area contributed by atoms with E-state index in [1.165, 1.54) is 22.4 Å². The molecule has 26 heavy (non-hydrogen) atoms. The molecule has 128 valence electrons. The molecule has 0 unspecified atom stereocenters. The van der Waals surface area contributed by atoms with Crippen LogP contribution in [0.25, 0.3) is 10.2 Å². The van der Waals surface area contributed by atoms with Crippen LogP contribution in [0.15, 0.2) is 60.9 Å². The molecule has 2 heterocycles. The maximum Gasteiger partial charge on any atom is 0.284 e. The van der Waals surface area contributed by atoms with Gasteiger partial charge in [0.25, 0.3) is 5.91 Å². The van der Waals surface area contributed by atoms with Crippen LogP contribution < -0.4 is 4.90 Å². The number of carbonyl (C=O) groups is 1. The molecular formula is C19H13ClN4OS. The maximum absolute atomic E-state index is 13.2. The molecule has 4 rings (SSSR count). The Morgan fingerprint density at radius 3 is 2.65 bits per heavy atom. The summed E-state index contributed by atoms with van der Waals surface area (Å²) in [4.78, 5) is 27.7. The lowest BCUT2D eigenvalue weighted by atomic mass is 10.2. The first-order valence-corrected chi connectivity index (χ1v) is 9.05. The van der Waals surface area contributed by atoms with Crippen molar-refractivity contribution in [1.29, 1.82) is 0 Å². The van der Waals surface area contributed by atoms with Crippen LogP contribution in [0.5, 0.6) is 0 Å². The van der Waals surface area contributed by atoms with E-state index in [0.717, 1.165) is 15.9 Å². The standard InChI is InChI=1S/C19H13ClN4OS/c1-12-10-22-16(11-21-12)18(25)24(14-6-4-5-13(20)9-14)19-23-15-7-2-3-8-17(15)26-19/h2-11H,1H3. The largest absolute Gasteiger partial charge is 0.284 e. The van der Waals surface area contributed by atoms with Crippen molar-refractivity contribution in [2.75, 3.05) is 4.90 Å². The number of aromatic nitrogens is 3. The summed E-state index contributed by atoms with van der Waals surface area (Å²) in [6.07, 6.45) is 3.05. The molecule has 0 aliphatic heterocycles. The molecule has 4 aromatic rings. The monoisotopic (exact) mass is 380 g/mol. The van der Waals surface area contributed by atoms with Crippen molar-refractivity contribution in [3.05, 3.63) is 77.3 Å². The topological polar surface area (TPSA) is 59.0 Å². The van der Waals surface area contributed by atoms with Crippen molar-refractivity contribution >= 4 is 49.9 Å². The quantitative estimate of drug-likeness (QED) is 0.500. The predicted molar refractivity (Wildman–Crippen MR) is 104 cm³/mol. The van der Waals surface area contributed by atoms with Crippen LogP contribution in [0.1, 0.15) is 16.2 Å². The van der Waals surface area contributed by atoms with Crippen molar-refractivity contribution in [2.45, 2.75) is 6.92 Å². The van der Waals surface area contributed by atoms with Gasteiger partial charge in [-0.2, -0.15) is 0 Å². The highest BCUT2D eigenvalue weighted by molar-refractivity contribution is 7.22. The van der Waals surface area contributed by atoms with E-state index in [0.29, 0.717) is 15.8 Å². The van der Waals surface area contributed by atoms with Crippen LogP contribution in [-0.4, -0.2) is 20.9 Å². The molecule has 0 radical (unpaired) electrons. The number of anilines is 2. The van der Waals surface area contributed by atoms with Gasteiger partial charge in [0.2, 0.25) is 0 Å². The van der Waals surface area contributed by atoms with Crippen molar-refractivity contribution in [2.24, 2.45) is 0 Å². The van der Waals surface area contributed by atoms with E-state index in [9.17, 15) is 4.79 Å². The summed E-state index contributed by atoms with van der Waals surface area (Å²) in [6, 6.07) is 14.9. The highest BCUT2D eigenvalue weighted by Gasteiger charge is 2.24. The van der Waals surface area contributed by atoms with Crippen LogP contribution in [0, 0.1) is 6.92 Å². The van der Waals surface area contributed by atoms with Crippen molar-refractivity contribution in [3.63, 3.8) is 0 Å². The third-order valence-corrected chi connectivity index (χ3v) is 5.00. The first-order valence-electron chi connectivity index (χ1n) is 7.86. The Balaban J connectivity index is 1.86. The number of rotatable bonds is 3. The smallest absolute Gasteiger partial charge is 0.266 e. The fourth-order valence-electron chi connectivity index (χ4n) is 2.50. The third kappa shape index (κ3) is 3.16. The first-order chi connectivity index (χ1) is 12.6. The Morgan fingerprint density at radius 1 is 1.08 bits per heavy atom. The second kappa shape index (κ2) is 6.82. The number of amides is 1. The fourth-order valence-corrected chi connectivity index (χ4v) is 3.67. The zero-order valence-corrected chi connectivity index (χ0v) is 15.3. The number of fused-ring (bicyclic) bond motifs is 1. The predicted octanol–water partition coefficient (Wildman–Crippen LogP) is 5.03. The number of hydrogen-bond donors (Lipinski definition) is 0. The Hall–Kier alpha value is -2.83. The van der Waals surface area contributed by atoms with E-state index in [1.54, 1.807) is 24.4 Å². The van der Waals surface area contributed by atoms with Crippen molar-refractivity contribution in [1.82, 2.24) is 15.0 Å². The summed E-state index contributed by atoms with van der Waals surface area (Å²) < 4.78 is 0.998. The number of carbonyl (C=O) groups excluding carboxylic acids is 1. The molecular weight excluding hydrogens is 368 g/mol. The van der Waals surface area contributed by atoms with Crippen LogP contribution in [0.3, 0.4) is 0 Å². The lowest BCUT2D eigenvalue weighted by molar-refractivity contribution is 0.0994. The Morgan fingerprint density at radius 2 is 1.92 bits per heavy atom. The maximum atomic E-state index is 13.2. The molecule has 0 bridgehead atoms. The average Bonchev–Trinajstić information content (AvgIpc) is 3.06. The Labute approximate surface area is 158 Å². The van der Waals surface area contributed by atoms with E-state index in [2.05, 4.69) is 15.0 Å². The van der Waals surface area contributed by atoms with Gasteiger partial charge in [-0.15, -0.1) is 0 Å². The van der Waals surface area contributed by atoms with E-state index in [4.69, 9.17) is 11.6 Å². The molecule has 0 aliphatic rings. The third-order valence-electron chi connectivity index (χ3n) is 3.74. The molecule has 1 amide bonds. The zero-order chi connectivity index (χ0) is 18.1. The van der Waals surface area contributed by atoms with Gasteiger partial charge in [-0.25, -0.2) is 9.97 Å². The van der Waals surface area contributed by atoms with Gasteiger partial charge in [0.05, 0.1) is 27.8 Å². The molecule has 0 fully saturated rings. The van der Waals surface area contributed by atoms with Gasteiger partial charge >= 0.3 is 0 Å². The molecule has 0 saturated heterocycles. The second-order valence-corrected chi connectivity index (χ2v) is 7.07. The number of halogens is 1. The van der Waals surface area contributed by atoms with E-state index < -0.39 is 0 Å². The first kappa shape index (κ1) is 16.6. The highest BCUT2D eigenvalue weighted by atomic mass is 35.5. The van der Waals surface area contributed by atoms with Crippen LogP contribution in [0.2, 0.25) is 5.02 Å². The summed E-state index contributed by atoms with van der Waals surface area (Å²) in [6.45, 7) is 1.82. The van der Waals surface area contributed by atoms with Gasteiger partial charge in [0.15, 0.2) is 5.13 Å². The lowest BCUT2D eigenvalue weighted by Crippen LogP contribution is -2.27. The molecule has 0 spiro atoms. The van der Waals surface area contributed by atoms with Crippen LogP contribution >= 0.6 is 22.9 Å². The van der Waals surface area contributed by atoms with Crippen LogP contribution in [-0.2, 0) is 0 Å². The number of nitrogens with zero attached hydrogens (tertiary/aromatic N) is 4. The fraction of sp³-hybridized carbons (Fsp3) is 0.0526. The van der Waals surface area contributed by atoms with Gasteiger partial charge in [-0.1, -0.05) is 41.1 Å². The minimum atomic E-state index is -0.307. The number of thiazole rings is 1. The normalized spacial score (nSPS) is 10.8. The van der Waals surface area contributed by atoms with Gasteiger partial charge < -0.3 is 0 Å². The summed E-state index contributed by atoms with van der Waals surface area (Å²) in [5, 5.41) is 1.09. The number of para-hydroxylation sites is 1. The van der Waals surface area contributed by atoms with Crippen molar-refractivity contribution < 1.29 is 4.79 Å². The van der Waals surface area contributed by atoms with Gasteiger partial charge in [-0.3, -0.25) is 14.7 Å².